The third-order valence-electron chi connectivity index (χ3n) is 3.69. The number of anilines is 1. The van der Waals surface area contributed by atoms with Crippen molar-refractivity contribution in [3.63, 3.8) is 0 Å². The highest BCUT2D eigenvalue weighted by Crippen LogP contribution is 2.27. The number of halogens is 1. The Kier molecular flexibility index (Phi) is 5.85. The molecule has 1 amide bonds. The van der Waals surface area contributed by atoms with Crippen molar-refractivity contribution in [1.82, 2.24) is 9.80 Å². The zero-order chi connectivity index (χ0) is 15.2. The molecule has 0 aliphatic carbocycles. The van der Waals surface area contributed by atoms with Crippen LogP contribution in [0.3, 0.4) is 0 Å². The van der Waals surface area contributed by atoms with Gasteiger partial charge in [-0.25, -0.2) is 0 Å². The largest absolute Gasteiger partial charge is 0.495 e. The van der Waals surface area contributed by atoms with Crippen LogP contribution in [0.4, 0.5) is 5.69 Å². The molecule has 6 heteroatoms. The van der Waals surface area contributed by atoms with Crippen LogP contribution in [0.25, 0.3) is 0 Å². The van der Waals surface area contributed by atoms with Crippen molar-refractivity contribution in [2.45, 2.75) is 6.42 Å². The van der Waals surface area contributed by atoms with Crippen molar-refractivity contribution in [3.8, 4) is 5.75 Å². The normalized spacial score (nSPS) is 16.7. The predicted molar refractivity (Wildman–Crippen MR) is 85.2 cm³/mol. The maximum atomic E-state index is 12.0. The number of piperazine rings is 1. The highest BCUT2D eigenvalue weighted by Gasteiger charge is 2.14. The van der Waals surface area contributed by atoms with E-state index in [0.717, 1.165) is 32.7 Å². The van der Waals surface area contributed by atoms with Crippen LogP contribution in [0.5, 0.6) is 5.75 Å². The van der Waals surface area contributed by atoms with Crippen LogP contribution < -0.4 is 10.1 Å². The molecule has 0 radical (unpaired) electrons. The summed E-state index contributed by atoms with van der Waals surface area (Å²) < 4.78 is 5.09. The fraction of sp³-hybridized carbons (Fsp3) is 0.533. The predicted octanol–water partition coefficient (Wildman–Crippen LogP) is 1.92. The van der Waals surface area contributed by atoms with E-state index < -0.39 is 0 Å². The molecule has 1 saturated heterocycles. The number of likely N-dealkylation sites (N-methyl/N-ethyl adjacent to an activating group) is 1. The van der Waals surface area contributed by atoms with E-state index in [9.17, 15) is 4.79 Å². The molecule has 0 atom stereocenters. The second-order valence-corrected chi connectivity index (χ2v) is 5.70. The minimum absolute atomic E-state index is 0.00941. The van der Waals surface area contributed by atoms with Gasteiger partial charge in [-0.1, -0.05) is 11.6 Å². The number of amides is 1. The van der Waals surface area contributed by atoms with E-state index in [1.165, 1.54) is 0 Å². The summed E-state index contributed by atoms with van der Waals surface area (Å²) in [6.07, 6.45) is 0.493. The van der Waals surface area contributed by atoms with Crippen molar-refractivity contribution >= 4 is 23.2 Å². The van der Waals surface area contributed by atoms with Gasteiger partial charge in [-0.3, -0.25) is 4.79 Å². The van der Waals surface area contributed by atoms with Gasteiger partial charge in [0.1, 0.15) is 5.75 Å². The zero-order valence-electron chi connectivity index (χ0n) is 12.6. The third-order valence-corrected chi connectivity index (χ3v) is 3.98. The fourth-order valence-corrected chi connectivity index (χ4v) is 2.56. The van der Waals surface area contributed by atoms with E-state index in [1.54, 1.807) is 25.3 Å². The van der Waals surface area contributed by atoms with Crippen LogP contribution in [-0.4, -0.2) is 62.6 Å². The van der Waals surface area contributed by atoms with E-state index in [2.05, 4.69) is 22.2 Å². The van der Waals surface area contributed by atoms with E-state index in [1.807, 2.05) is 0 Å². The molecule has 1 aromatic carbocycles. The summed E-state index contributed by atoms with van der Waals surface area (Å²) in [5.41, 5.74) is 0.698. The Morgan fingerprint density at radius 2 is 2.05 bits per heavy atom. The van der Waals surface area contributed by atoms with Gasteiger partial charge in [-0.05, 0) is 25.2 Å². The highest BCUT2D eigenvalue weighted by atomic mass is 35.5. The van der Waals surface area contributed by atoms with Crippen molar-refractivity contribution in [1.29, 1.82) is 0 Å². The summed E-state index contributed by atoms with van der Waals surface area (Å²) in [6, 6.07) is 5.24. The first-order valence-electron chi connectivity index (χ1n) is 7.13. The van der Waals surface area contributed by atoms with Gasteiger partial charge in [-0.2, -0.15) is 0 Å². The van der Waals surface area contributed by atoms with Crippen LogP contribution in [0, 0.1) is 0 Å². The first-order chi connectivity index (χ1) is 10.1. The third kappa shape index (κ3) is 4.88. The Morgan fingerprint density at radius 1 is 1.33 bits per heavy atom. The highest BCUT2D eigenvalue weighted by molar-refractivity contribution is 6.32. The van der Waals surface area contributed by atoms with E-state index in [-0.39, 0.29) is 5.91 Å². The van der Waals surface area contributed by atoms with Gasteiger partial charge in [0.05, 0.1) is 12.1 Å². The Bertz CT molecular complexity index is 488. The second-order valence-electron chi connectivity index (χ2n) is 5.29. The van der Waals surface area contributed by atoms with Crippen LogP contribution in [0.2, 0.25) is 5.02 Å². The van der Waals surface area contributed by atoms with Crippen molar-refractivity contribution in [2.24, 2.45) is 0 Å². The molecule has 1 aliphatic heterocycles. The monoisotopic (exact) mass is 311 g/mol. The SMILES string of the molecule is COc1ccc(NC(=O)CCN2CCN(C)CC2)cc1Cl. The smallest absolute Gasteiger partial charge is 0.225 e. The number of benzene rings is 1. The molecule has 0 bridgehead atoms. The number of nitrogens with zero attached hydrogens (tertiary/aromatic N) is 2. The summed E-state index contributed by atoms with van der Waals surface area (Å²) >= 11 is 6.04. The molecule has 1 heterocycles. The van der Waals surface area contributed by atoms with Gasteiger partial charge in [0, 0.05) is 44.8 Å². The second kappa shape index (κ2) is 7.64. The summed E-state index contributed by atoms with van der Waals surface area (Å²) in [5.74, 6) is 0.613. The Balaban J connectivity index is 1.78. The van der Waals surface area contributed by atoms with Gasteiger partial charge in [-0.15, -0.1) is 0 Å². The zero-order valence-corrected chi connectivity index (χ0v) is 13.3. The molecule has 1 aromatic rings. The van der Waals surface area contributed by atoms with Gasteiger partial charge in [0.25, 0.3) is 0 Å². The number of carbonyl (C=O) groups excluding carboxylic acids is 1. The number of hydrogen-bond acceptors (Lipinski definition) is 4. The average Bonchev–Trinajstić information content (AvgIpc) is 2.47. The number of methoxy groups -OCH3 is 1. The quantitative estimate of drug-likeness (QED) is 0.902. The van der Waals surface area contributed by atoms with E-state index >= 15 is 0 Å². The summed E-state index contributed by atoms with van der Waals surface area (Å²) in [4.78, 5) is 16.6. The number of rotatable bonds is 5. The Hall–Kier alpha value is -1.30. The van der Waals surface area contributed by atoms with Crippen molar-refractivity contribution in [3.05, 3.63) is 23.2 Å². The number of ether oxygens (including phenoxy) is 1. The standard InChI is InChI=1S/C15H22ClN3O2/c1-18-7-9-19(10-8-18)6-5-15(20)17-12-3-4-14(21-2)13(16)11-12/h3-4,11H,5-10H2,1-2H3,(H,17,20). The summed E-state index contributed by atoms with van der Waals surface area (Å²) in [5, 5.41) is 3.36. The molecule has 0 saturated carbocycles. The molecule has 5 nitrogen and oxygen atoms in total. The maximum absolute atomic E-state index is 12.0. The lowest BCUT2D eigenvalue weighted by atomic mass is 10.2. The van der Waals surface area contributed by atoms with Gasteiger partial charge in [0.15, 0.2) is 0 Å². The Labute approximate surface area is 130 Å². The topological polar surface area (TPSA) is 44.8 Å². The lowest BCUT2D eigenvalue weighted by molar-refractivity contribution is -0.116. The molecule has 21 heavy (non-hydrogen) atoms. The number of carbonyl (C=O) groups is 1. The fourth-order valence-electron chi connectivity index (χ4n) is 2.30. The van der Waals surface area contributed by atoms with Crippen molar-refractivity contribution < 1.29 is 9.53 Å². The molecule has 2 rings (SSSR count). The average molecular weight is 312 g/mol. The maximum Gasteiger partial charge on any atom is 0.225 e. The summed E-state index contributed by atoms with van der Waals surface area (Å²) in [6.45, 7) is 4.98. The van der Waals surface area contributed by atoms with Crippen LogP contribution in [0.15, 0.2) is 18.2 Å². The first kappa shape index (κ1) is 16.1. The minimum Gasteiger partial charge on any atom is -0.495 e. The lowest BCUT2D eigenvalue weighted by Gasteiger charge is -2.32. The summed E-state index contributed by atoms with van der Waals surface area (Å²) in [7, 11) is 3.69. The molecular formula is C15H22ClN3O2. The number of hydrogen-bond donors (Lipinski definition) is 1. The molecule has 0 spiro atoms. The van der Waals surface area contributed by atoms with Crippen LogP contribution in [-0.2, 0) is 4.79 Å². The molecule has 0 unspecified atom stereocenters. The molecule has 1 fully saturated rings. The van der Waals surface area contributed by atoms with Gasteiger partial charge in [0.2, 0.25) is 5.91 Å². The van der Waals surface area contributed by atoms with E-state index in [4.69, 9.17) is 16.3 Å². The molecule has 0 aromatic heterocycles. The lowest BCUT2D eigenvalue weighted by Crippen LogP contribution is -2.45. The molecule has 1 aliphatic rings. The van der Waals surface area contributed by atoms with Gasteiger partial charge >= 0.3 is 0 Å². The van der Waals surface area contributed by atoms with Crippen LogP contribution in [0.1, 0.15) is 6.42 Å². The molecule has 1 N–H and O–H groups in total. The van der Waals surface area contributed by atoms with Crippen molar-refractivity contribution in [2.75, 3.05) is 52.2 Å². The molecule has 116 valence electrons. The van der Waals surface area contributed by atoms with Gasteiger partial charge < -0.3 is 19.9 Å². The van der Waals surface area contributed by atoms with Crippen LogP contribution >= 0.6 is 11.6 Å². The first-order valence-corrected chi connectivity index (χ1v) is 7.50. The Morgan fingerprint density at radius 3 is 2.67 bits per heavy atom. The minimum atomic E-state index is 0.00941. The van der Waals surface area contributed by atoms with E-state index in [0.29, 0.717) is 22.9 Å². The number of nitrogens with one attached hydrogen (secondary N) is 1. The molecular weight excluding hydrogens is 290 g/mol.